The molecular weight excluding hydrogens is 258 g/mol. The molecule has 0 aromatic carbocycles. The molecule has 0 radical (unpaired) electrons. The summed E-state index contributed by atoms with van der Waals surface area (Å²) in [6.45, 7) is 4.21. The van der Waals surface area contributed by atoms with Crippen LogP contribution in [0.4, 0.5) is 0 Å². The van der Waals surface area contributed by atoms with E-state index in [9.17, 15) is 14.4 Å². The molecule has 1 rings (SSSR count). The van der Waals surface area contributed by atoms with Crippen LogP contribution in [0.1, 0.15) is 26.7 Å². The summed E-state index contributed by atoms with van der Waals surface area (Å²) in [5, 5.41) is 2.62. The number of amides is 3. The van der Waals surface area contributed by atoms with E-state index in [0.717, 1.165) is 0 Å². The number of imide groups is 1. The lowest BCUT2D eigenvalue weighted by molar-refractivity contribution is -0.138. The van der Waals surface area contributed by atoms with Gasteiger partial charge in [0, 0.05) is 25.9 Å². The van der Waals surface area contributed by atoms with Gasteiger partial charge in [-0.1, -0.05) is 13.8 Å². The number of nitrogens with one attached hydrogen (secondary N) is 1. The van der Waals surface area contributed by atoms with Gasteiger partial charge < -0.3 is 11.1 Å². The van der Waals surface area contributed by atoms with Crippen molar-refractivity contribution in [3.05, 3.63) is 0 Å². The average Bonchev–Trinajstić information content (AvgIpc) is 2.59. The van der Waals surface area contributed by atoms with Crippen LogP contribution in [-0.4, -0.2) is 41.8 Å². The second-order valence-electron chi connectivity index (χ2n) is 4.50. The van der Waals surface area contributed by atoms with Crippen LogP contribution in [0.2, 0.25) is 0 Å². The van der Waals surface area contributed by atoms with Crippen molar-refractivity contribution in [1.29, 1.82) is 0 Å². The van der Waals surface area contributed by atoms with Gasteiger partial charge >= 0.3 is 0 Å². The summed E-state index contributed by atoms with van der Waals surface area (Å²) >= 11 is 0. The van der Waals surface area contributed by atoms with Gasteiger partial charge in [0.05, 0.1) is 6.04 Å². The first-order valence-corrected chi connectivity index (χ1v) is 5.80. The minimum absolute atomic E-state index is 0. The summed E-state index contributed by atoms with van der Waals surface area (Å²) < 4.78 is 0. The van der Waals surface area contributed by atoms with Gasteiger partial charge in [-0.05, 0) is 5.92 Å². The van der Waals surface area contributed by atoms with Gasteiger partial charge in [-0.2, -0.15) is 0 Å². The zero-order valence-electron chi connectivity index (χ0n) is 10.6. The predicted octanol–water partition coefficient (Wildman–Crippen LogP) is -0.343. The summed E-state index contributed by atoms with van der Waals surface area (Å²) in [4.78, 5) is 35.2. The lowest BCUT2D eigenvalue weighted by atomic mass is 10.1. The van der Waals surface area contributed by atoms with Crippen molar-refractivity contribution in [1.82, 2.24) is 10.2 Å². The molecule has 3 N–H and O–H groups in total. The first-order valence-electron chi connectivity index (χ1n) is 5.80. The van der Waals surface area contributed by atoms with Crippen LogP contribution in [0.15, 0.2) is 0 Å². The molecule has 104 valence electrons. The third-order valence-electron chi connectivity index (χ3n) is 2.81. The van der Waals surface area contributed by atoms with Crippen molar-refractivity contribution in [3.8, 4) is 0 Å². The number of nitrogens with two attached hydrogens (primary N) is 1. The van der Waals surface area contributed by atoms with Crippen LogP contribution in [-0.2, 0) is 14.4 Å². The molecular formula is C11H20ClN3O3. The first kappa shape index (κ1) is 16.9. The maximum atomic E-state index is 11.5. The van der Waals surface area contributed by atoms with E-state index in [0.29, 0.717) is 0 Å². The number of likely N-dealkylation sites (tertiary alicyclic amines) is 1. The highest BCUT2D eigenvalue weighted by Gasteiger charge is 2.28. The lowest BCUT2D eigenvalue weighted by Gasteiger charge is -2.17. The topological polar surface area (TPSA) is 92.5 Å². The van der Waals surface area contributed by atoms with Gasteiger partial charge in [0.1, 0.15) is 0 Å². The molecule has 18 heavy (non-hydrogen) atoms. The fourth-order valence-electron chi connectivity index (χ4n) is 1.58. The van der Waals surface area contributed by atoms with Crippen molar-refractivity contribution in [2.45, 2.75) is 32.7 Å². The first-order chi connectivity index (χ1) is 7.93. The largest absolute Gasteiger partial charge is 0.353 e. The normalized spacial score (nSPS) is 16.8. The Morgan fingerprint density at radius 3 is 2.28 bits per heavy atom. The molecule has 0 saturated carbocycles. The van der Waals surface area contributed by atoms with Gasteiger partial charge in [0.15, 0.2) is 0 Å². The van der Waals surface area contributed by atoms with E-state index in [4.69, 9.17) is 5.73 Å². The third kappa shape index (κ3) is 4.27. The fourth-order valence-corrected chi connectivity index (χ4v) is 1.58. The summed E-state index contributed by atoms with van der Waals surface area (Å²) in [5.74, 6) is -0.529. The Morgan fingerprint density at radius 1 is 1.33 bits per heavy atom. The summed E-state index contributed by atoms with van der Waals surface area (Å²) in [6, 6.07) is -0.556. The molecule has 1 fully saturated rings. The van der Waals surface area contributed by atoms with Crippen molar-refractivity contribution < 1.29 is 14.4 Å². The molecule has 3 amide bonds. The van der Waals surface area contributed by atoms with Crippen molar-refractivity contribution in [3.63, 3.8) is 0 Å². The Morgan fingerprint density at radius 2 is 1.83 bits per heavy atom. The lowest BCUT2D eigenvalue weighted by Crippen LogP contribution is -2.46. The van der Waals surface area contributed by atoms with Gasteiger partial charge in [0.2, 0.25) is 17.7 Å². The Bertz CT molecular complexity index is 317. The van der Waals surface area contributed by atoms with Crippen LogP contribution in [0.25, 0.3) is 0 Å². The van der Waals surface area contributed by atoms with Crippen LogP contribution in [0.5, 0.6) is 0 Å². The zero-order chi connectivity index (χ0) is 13.0. The molecule has 0 aromatic rings. The highest BCUT2D eigenvalue weighted by Crippen LogP contribution is 2.10. The van der Waals surface area contributed by atoms with Gasteiger partial charge in [0.25, 0.3) is 0 Å². The predicted molar refractivity (Wildman–Crippen MR) is 69.0 cm³/mol. The van der Waals surface area contributed by atoms with E-state index in [1.807, 2.05) is 13.8 Å². The van der Waals surface area contributed by atoms with Gasteiger partial charge in [-0.3, -0.25) is 19.3 Å². The maximum absolute atomic E-state index is 11.5. The molecule has 0 spiro atoms. The molecule has 7 heteroatoms. The zero-order valence-corrected chi connectivity index (χ0v) is 11.5. The molecule has 1 saturated heterocycles. The Hall–Kier alpha value is -1.14. The maximum Gasteiger partial charge on any atom is 0.237 e. The highest BCUT2D eigenvalue weighted by molar-refractivity contribution is 6.01. The summed E-state index contributed by atoms with van der Waals surface area (Å²) in [6.07, 6.45) is 0.552. The van der Waals surface area contributed by atoms with E-state index in [2.05, 4.69) is 5.32 Å². The van der Waals surface area contributed by atoms with E-state index in [1.165, 1.54) is 4.90 Å². The van der Waals surface area contributed by atoms with E-state index in [1.54, 1.807) is 0 Å². The second kappa shape index (κ2) is 7.33. The number of hydrogen-bond donors (Lipinski definition) is 2. The fraction of sp³-hybridized carbons (Fsp3) is 0.727. The second-order valence-corrected chi connectivity index (χ2v) is 4.50. The average molecular weight is 278 g/mol. The molecule has 1 atom stereocenters. The minimum Gasteiger partial charge on any atom is -0.353 e. The van der Waals surface area contributed by atoms with Crippen LogP contribution < -0.4 is 11.1 Å². The van der Waals surface area contributed by atoms with Crippen LogP contribution >= 0.6 is 12.4 Å². The monoisotopic (exact) mass is 277 g/mol. The molecule has 0 unspecified atom stereocenters. The van der Waals surface area contributed by atoms with Crippen molar-refractivity contribution in [2.75, 3.05) is 13.1 Å². The Balaban J connectivity index is 0.00000289. The molecule has 1 aliphatic heterocycles. The minimum atomic E-state index is -0.556. The molecule has 6 nitrogen and oxygen atoms in total. The number of rotatable bonds is 5. The third-order valence-corrected chi connectivity index (χ3v) is 2.81. The molecule has 1 heterocycles. The number of halogens is 1. The molecule has 0 bridgehead atoms. The smallest absolute Gasteiger partial charge is 0.237 e. The Kier molecular flexibility index (Phi) is 6.86. The summed E-state index contributed by atoms with van der Waals surface area (Å²) in [7, 11) is 0. The van der Waals surface area contributed by atoms with Crippen molar-refractivity contribution in [2.24, 2.45) is 11.7 Å². The van der Waals surface area contributed by atoms with Crippen LogP contribution in [0.3, 0.4) is 0 Å². The standard InChI is InChI=1S/C11H19N3O3.ClH/c1-7(2)10(12)11(17)13-5-6-14-8(15)3-4-9(14)16;/h7,10H,3-6,12H2,1-2H3,(H,13,17);1H/t10-;/m0./s1. The number of nitrogens with zero attached hydrogens (tertiary/aromatic N) is 1. The molecule has 1 aliphatic rings. The SMILES string of the molecule is CC(C)[C@H](N)C(=O)NCCN1C(=O)CCC1=O.Cl. The van der Waals surface area contributed by atoms with E-state index >= 15 is 0 Å². The molecule has 0 aromatic heterocycles. The van der Waals surface area contributed by atoms with Crippen LogP contribution in [0, 0.1) is 5.92 Å². The quantitative estimate of drug-likeness (QED) is 0.672. The van der Waals surface area contributed by atoms with Gasteiger partial charge in [-0.25, -0.2) is 0 Å². The van der Waals surface area contributed by atoms with Crippen molar-refractivity contribution >= 4 is 30.1 Å². The van der Waals surface area contributed by atoms with Gasteiger partial charge in [-0.15, -0.1) is 12.4 Å². The highest BCUT2D eigenvalue weighted by atomic mass is 35.5. The number of carbonyl (C=O) groups is 3. The van der Waals surface area contributed by atoms with E-state index in [-0.39, 0.29) is 62.0 Å². The Labute approximate surface area is 113 Å². The molecule has 0 aliphatic carbocycles. The number of hydrogen-bond acceptors (Lipinski definition) is 4. The summed E-state index contributed by atoms with van der Waals surface area (Å²) in [5.41, 5.74) is 5.65. The van der Waals surface area contributed by atoms with E-state index < -0.39 is 6.04 Å². The number of carbonyl (C=O) groups excluding carboxylic acids is 3.